The Morgan fingerprint density at radius 1 is 1.09 bits per heavy atom. The second kappa shape index (κ2) is 5.03. The summed E-state index contributed by atoms with van der Waals surface area (Å²) >= 11 is 5.70. The minimum atomic E-state index is -0.582. The van der Waals surface area contributed by atoms with Gasteiger partial charge in [-0.15, -0.1) is 11.6 Å². The quantitative estimate of drug-likeness (QED) is 0.560. The van der Waals surface area contributed by atoms with E-state index in [0.717, 1.165) is 0 Å². The third-order valence-corrected chi connectivity index (χ3v) is 3.96. The number of carbonyl (C=O) groups excluding carboxylic acids is 2. The lowest BCUT2D eigenvalue weighted by molar-refractivity contribution is 0.0971. The molecule has 0 radical (unpaired) electrons. The monoisotopic (exact) mass is 318 g/mol. The maximum absolute atomic E-state index is 12.7. The van der Waals surface area contributed by atoms with E-state index in [1.807, 2.05) is 0 Å². The SMILES string of the molecule is COc1cccc2c1C(=O)c1c(O)c(CCl)cc(O)c1C2=O. The molecule has 2 N–H and O–H groups in total. The summed E-state index contributed by atoms with van der Waals surface area (Å²) in [7, 11) is 1.38. The van der Waals surface area contributed by atoms with Gasteiger partial charge in [-0.2, -0.15) is 0 Å². The van der Waals surface area contributed by atoms with Crippen molar-refractivity contribution in [1.82, 2.24) is 0 Å². The zero-order valence-corrected chi connectivity index (χ0v) is 12.3. The number of ether oxygens (including phenoxy) is 1. The summed E-state index contributed by atoms with van der Waals surface area (Å²) in [5.41, 5.74) is -0.0683. The topological polar surface area (TPSA) is 83.8 Å². The predicted molar refractivity (Wildman–Crippen MR) is 79.2 cm³/mol. The van der Waals surface area contributed by atoms with E-state index in [2.05, 4.69) is 0 Å². The first-order chi connectivity index (χ1) is 10.5. The van der Waals surface area contributed by atoms with Crippen molar-refractivity contribution >= 4 is 23.2 Å². The van der Waals surface area contributed by atoms with Crippen LogP contribution in [0.3, 0.4) is 0 Å². The summed E-state index contributed by atoms with van der Waals surface area (Å²) in [6.07, 6.45) is 0. The van der Waals surface area contributed by atoms with E-state index in [-0.39, 0.29) is 45.2 Å². The van der Waals surface area contributed by atoms with Gasteiger partial charge in [-0.1, -0.05) is 12.1 Å². The number of phenols is 2. The molecule has 2 aromatic carbocycles. The van der Waals surface area contributed by atoms with E-state index >= 15 is 0 Å². The van der Waals surface area contributed by atoms with Crippen LogP contribution in [0.1, 0.15) is 37.4 Å². The number of hydrogen-bond acceptors (Lipinski definition) is 5. The third-order valence-electron chi connectivity index (χ3n) is 3.67. The van der Waals surface area contributed by atoms with E-state index in [1.165, 1.54) is 19.2 Å². The van der Waals surface area contributed by atoms with Crippen LogP contribution in [0.15, 0.2) is 24.3 Å². The van der Waals surface area contributed by atoms with Crippen LogP contribution in [0.2, 0.25) is 0 Å². The standard InChI is InChI=1S/C16H11ClO5/c1-22-10-4-2-3-8-11(10)16(21)13-12(15(8)20)9(18)5-7(6-17)14(13)19/h2-5,18-19H,6H2,1H3. The molecule has 3 rings (SSSR count). The lowest BCUT2D eigenvalue weighted by atomic mass is 9.81. The van der Waals surface area contributed by atoms with E-state index in [9.17, 15) is 19.8 Å². The Hall–Kier alpha value is -2.53. The fraction of sp³-hybridized carbons (Fsp3) is 0.125. The van der Waals surface area contributed by atoms with Gasteiger partial charge < -0.3 is 14.9 Å². The molecule has 0 fully saturated rings. The van der Waals surface area contributed by atoms with Crippen molar-refractivity contribution in [3.8, 4) is 17.2 Å². The van der Waals surface area contributed by atoms with Crippen molar-refractivity contribution in [2.45, 2.75) is 5.88 Å². The predicted octanol–water partition coefficient (Wildman–Crippen LogP) is 2.62. The molecule has 0 unspecified atom stereocenters. The summed E-state index contributed by atoms with van der Waals surface area (Å²) in [4.78, 5) is 25.3. The van der Waals surface area contributed by atoms with E-state index < -0.39 is 17.3 Å². The number of hydrogen-bond donors (Lipinski definition) is 2. The Kier molecular flexibility index (Phi) is 3.30. The fourth-order valence-corrected chi connectivity index (χ4v) is 2.85. The molecule has 1 aliphatic carbocycles. The van der Waals surface area contributed by atoms with Gasteiger partial charge in [0, 0.05) is 11.1 Å². The molecule has 0 aliphatic heterocycles. The number of methoxy groups -OCH3 is 1. The Bertz CT molecular complexity index is 826. The van der Waals surface area contributed by atoms with Crippen LogP contribution in [0.5, 0.6) is 17.2 Å². The first kappa shape index (κ1) is 14.4. The molecular formula is C16H11ClO5. The summed E-state index contributed by atoms with van der Waals surface area (Å²) in [5, 5.41) is 20.3. The minimum absolute atomic E-state index is 0.0731. The molecule has 0 spiro atoms. The normalized spacial score (nSPS) is 12.8. The lowest BCUT2D eigenvalue weighted by Gasteiger charge is -2.22. The molecule has 0 bridgehead atoms. The molecular weight excluding hydrogens is 308 g/mol. The Labute approximate surface area is 130 Å². The summed E-state index contributed by atoms with van der Waals surface area (Å²) in [6.45, 7) is 0. The number of benzene rings is 2. The van der Waals surface area contributed by atoms with Crippen molar-refractivity contribution in [2.75, 3.05) is 7.11 Å². The molecule has 0 heterocycles. The minimum Gasteiger partial charge on any atom is -0.507 e. The van der Waals surface area contributed by atoms with Crippen LogP contribution < -0.4 is 4.74 Å². The number of rotatable bonds is 2. The highest BCUT2D eigenvalue weighted by Gasteiger charge is 2.37. The number of aromatic hydroxyl groups is 2. The van der Waals surface area contributed by atoms with E-state index in [1.54, 1.807) is 12.1 Å². The molecule has 5 nitrogen and oxygen atoms in total. The number of halogens is 1. The van der Waals surface area contributed by atoms with Crippen LogP contribution in [-0.4, -0.2) is 28.9 Å². The molecule has 0 saturated carbocycles. The highest BCUT2D eigenvalue weighted by Crippen LogP contribution is 2.42. The van der Waals surface area contributed by atoms with Gasteiger partial charge in [0.05, 0.1) is 29.7 Å². The van der Waals surface area contributed by atoms with Crippen molar-refractivity contribution in [3.63, 3.8) is 0 Å². The smallest absolute Gasteiger partial charge is 0.202 e. The van der Waals surface area contributed by atoms with Crippen LogP contribution in [0.25, 0.3) is 0 Å². The third kappa shape index (κ3) is 1.79. The van der Waals surface area contributed by atoms with E-state index in [4.69, 9.17) is 16.3 Å². The number of alkyl halides is 1. The van der Waals surface area contributed by atoms with Gasteiger partial charge in [-0.25, -0.2) is 0 Å². The number of fused-ring (bicyclic) bond motifs is 2. The van der Waals surface area contributed by atoms with Gasteiger partial charge in [0.15, 0.2) is 5.78 Å². The maximum atomic E-state index is 12.7. The zero-order valence-electron chi connectivity index (χ0n) is 11.5. The molecule has 0 amide bonds. The van der Waals surface area contributed by atoms with Crippen LogP contribution in [0, 0.1) is 0 Å². The number of phenolic OH excluding ortho intramolecular Hbond substituents is 2. The van der Waals surface area contributed by atoms with Crippen LogP contribution >= 0.6 is 11.6 Å². The summed E-state index contributed by atoms with van der Waals surface area (Å²) in [6, 6.07) is 5.81. The maximum Gasteiger partial charge on any atom is 0.202 e. The molecule has 6 heteroatoms. The molecule has 22 heavy (non-hydrogen) atoms. The van der Waals surface area contributed by atoms with Crippen molar-refractivity contribution < 1.29 is 24.5 Å². The molecule has 0 atom stereocenters. The lowest BCUT2D eigenvalue weighted by Crippen LogP contribution is -2.22. The van der Waals surface area contributed by atoms with Crippen molar-refractivity contribution in [3.05, 3.63) is 52.1 Å². The highest BCUT2D eigenvalue weighted by molar-refractivity contribution is 6.31. The Morgan fingerprint density at radius 3 is 2.45 bits per heavy atom. The van der Waals surface area contributed by atoms with Crippen molar-refractivity contribution in [2.24, 2.45) is 0 Å². The number of ketones is 2. The Morgan fingerprint density at radius 2 is 1.82 bits per heavy atom. The zero-order chi connectivity index (χ0) is 16.0. The van der Waals surface area contributed by atoms with Gasteiger partial charge in [0.2, 0.25) is 5.78 Å². The molecule has 2 aromatic rings. The first-order valence-electron chi connectivity index (χ1n) is 6.41. The van der Waals surface area contributed by atoms with E-state index in [0.29, 0.717) is 0 Å². The first-order valence-corrected chi connectivity index (χ1v) is 6.94. The molecule has 1 aliphatic rings. The summed E-state index contributed by atoms with van der Waals surface area (Å²) < 4.78 is 5.13. The Balaban J connectivity index is 2.39. The van der Waals surface area contributed by atoms with Crippen molar-refractivity contribution in [1.29, 1.82) is 0 Å². The molecule has 112 valence electrons. The van der Waals surface area contributed by atoms with Crippen LogP contribution in [-0.2, 0) is 5.88 Å². The second-order valence-electron chi connectivity index (χ2n) is 4.83. The van der Waals surface area contributed by atoms with Gasteiger partial charge in [-0.05, 0) is 12.1 Å². The summed E-state index contributed by atoms with van der Waals surface area (Å²) in [5.74, 6) is -1.77. The number of carbonyl (C=O) groups is 2. The van der Waals surface area contributed by atoms with Crippen LogP contribution in [0.4, 0.5) is 0 Å². The van der Waals surface area contributed by atoms with Gasteiger partial charge >= 0.3 is 0 Å². The van der Waals surface area contributed by atoms with Gasteiger partial charge in [0.25, 0.3) is 0 Å². The largest absolute Gasteiger partial charge is 0.507 e. The molecule has 0 saturated heterocycles. The average molecular weight is 319 g/mol. The second-order valence-corrected chi connectivity index (χ2v) is 5.10. The van der Waals surface area contributed by atoms with Gasteiger partial charge in [-0.3, -0.25) is 9.59 Å². The van der Waals surface area contributed by atoms with Gasteiger partial charge in [0.1, 0.15) is 17.2 Å². The molecule has 0 aromatic heterocycles. The highest BCUT2D eigenvalue weighted by atomic mass is 35.5. The average Bonchev–Trinajstić information content (AvgIpc) is 2.53. The fourth-order valence-electron chi connectivity index (χ4n) is 2.65.